The summed E-state index contributed by atoms with van der Waals surface area (Å²) in [6.45, 7) is 8.97. The van der Waals surface area contributed by atoms with Gasteiger partial charge in [-0.25, -0.2) is 0 Å². The molecule has 1 aromatic rings. The molecule has 1 N–H and O–H groups in total. The van der Waals surface area contributed by atoms with Crippen molar-refractivity contribution < 1.29 is 1.37 Å². The molecule has 0 spiro atoms. The Labute approximate surface area is 111 Å². The van der Waals surface area contributed by atoms with Crippen molar-refractivity contribution >= 4 is 5.82 Å². The fourth-order valence-electron chi connectivity index (χ4n) is 3.18. The maximum absolute atomic E-state index is 7.40. The lowest BCUT2D eigenvalue weighted by atomic mass is 9.79. The molecule has 1 saturated heterocycles. The van der Waals surface area contributed by atoms with E-state index in [1.165, 1.54) is 0 Å². The summed E-state index contributed by atoms with van der Waals surface area (Å²) in [6, 6.07) is 3.99. The summed E-state index contributed by atoms with van der Waals surface area (Å²) in [5, 5.41) is 11.6. The highest BCUT2D eigenvalue weighted by Gasteiger charge is 2.39. The van der Waals surface area contributed by atoms with Gasteiger partial charge in [0.25, 0.3) is 0 Å². The molecule has 4 nitrogen and oxygen atoms in total. The molecule has 0 unspecified atom stereocenters. The number of hydrogen-bond donors (Lipinski definition) is 1. The van der Waals surface area contributed by atoms with Crippen molar-refractivity contribution in [3.8, 4) is 0 Å². The number of hydrogen-bond acceptors (Lipinski definition) is 4. The summed E-state index contributed by atoms with van der Waals surface area (Å²) in [6.07, 6.45) is 2.34. The Morgan fingerprint density at radius 1 is 1.33 bits per heavy atom. The van der Waals surface area contributed by atoms with E-state index in [0.29, 0.717) is 6.04 Å². The van der Waals surface area contributed by atoms with Crippen LogP contribution in [0.5, 0.6) is 0 Å². The average Bonchev–Trinajstić information content (AvgIpc) is 2.25. The molecule has 2 heterocycles. The minimum Gasteiger partial charge on any atom is -0.355 e. The van der Waals surface area contributed by atoms with Gasteiger partial charge in [-0.3, -0.25) is 0 Å². The van der Waals surface area contributed by atoms with E-state index in [0.717, 1.165) is 18.7 Å². The number of nitrogens with zero attached hydrogens (tertiary/aromatic N) is 3. The zero-order valence-corrected chi connectivity index (χ0v) is 12.0. The molecule has 0 saturated carbocycles. The maximum Gasteiger partial charge on any atom is 0.151 e. The molecule has 1 fully saturated rings. The summed E-state index contributed by atoms with van der Waals surface area (Å²) in [7, 11) is 2.07. The van der Waals surface area contributed by atoms with Gasteiger partial charge in [0.2, 0.25) is 0 Å². The van der Waals surface area contributed by atoms with Crippen molar-refractivity contribution in [3.63, 3.8) is 0 Å². The van der Waals surface area contributed by atoms with E-state index in [4.69, 9.17) is 1.37 Å². The zero-order chi connectivity index (χ0) is 14.3. The molecule has 0 bridgehead atoms. The summed E-state index contributed by atoms with van der Waals surface area (Å²) in [5.41, 5.74) is 0.229. The molecule has 0 aromatic carbocycles. The maximum atomic E-state index is 7.40. The van der Waals surface area contributed by atoms with Crippen molar-refractivity contribution in [1.29, 1.82) is 0 Å². The Kier molecular flexibility index (Phi) is 2.98. The Bertz CT molecular complexity index is 425. The fraction of sp³-hybridized carbons (Fsp3) is 0.714. The third-order valence-electron chi connectivity index (χ3n) is 3.59. The second-order valence-electron chi connectivity index (χ2n) is 6.59. The van der Waals surface area contributed by atoms with Gasteiger partial charge in [-0.1, -0.05) is 0 Å². The molecule has 0 atom stereocenters. The van der Waals surface area contributed by atoms with Gasteiger partial charge < -0.3 is 10.2 Å². The molecule has 1 aliphatic rings. The molecule has 1 aliphatic heterocycles. The third-order valence-corrected chi connectivity index (χ3v) is 3.59. The first kappa shape index (κ1) is 11.9. The molecule has 1 aromatic heterocycles. The minimum absolute atomic E-state index is 0.115. The molecule has 0 aliphatic carbocycles. The molecule has 2 rings (SSSR count). The number of aromatic nitrogens is 2. The molecular weight excluding hydrogens is 224 g/mol. The van der Waals surface area contributed by atoms with Gasteiger partial charge in [0.15, 0.2) is 5.82 Å². The van der Waals surface area contributed by atoms with E-state index in [1.54, 1.807) is 6.07 Å². The van der Waals surface area contributed by atoms with Crippen LogP contribution in [-0.2, 0) is 0 Å². The molecule has 4 heteroatoms. The smallest absolute Gasteiger partial charge is 0.151 e. The summed E-state index contributed by atoms with van der Waals surface area (Å²) in [4.78, 5) is 2.19. The lowest BCUT2D eigenvalue weighted by Crippen LogP contribution is -2.62. The van der Waals surface area contributed by atoms with Gasteiger partial charge >= 0.3 is 0 Å². The van der Waals surface area contributed by atoms with Crippen LogP contribution in [0.3, 0.4) is 0 Å². The summed E-state index contributed by atoms with van der Waals surface area (Å²) >= 11 is 0. The zero-order valence-electron chi connectivity index (χ0n) is 13.0. The predicted octanol–water partition coefficient (Wildman–Crippen LogP) is 2.22. The van der Waals surface area contributed by atoms with E-state index in [-0.39, 0.29) is 17.3 Å². The van der Waals surface area contributed by atoms with Gasteiger partial charge in [-0.05, 0) is 52.7 Å². The second kappa shape index (κ2) is 4.50. The molecule has 100 valence electrons. The monoisotopic (exact) mass is 249 g/mol. The van der Waals surface area contributed by atoms with Crippen LogP contribution < -0.4 is 10.2 Å². The van der Waals surface area contributed by atoms with E-state index in [1.807, 2.05) is 6.07 Å². The third kappa shape index (κ3) is 2.99. The standard InChI is InChI=1S/C14H24N4/c1-13(2)9-11(10-14(3,4)17-13)18(5)12-7-6-8-15-16-12/h6-8,11,17H,9-10H2,1-5H3/i8D. The quantitative estimate of drug-likeness (QED) is 0.872. The average molecular weight is 249 g/mol. The van der Waals surface area contributed by atoms with Crippen LogP contribution in [0.2, 0.25) is 0 Å². The van der Waals surface area contributed by atoms with Crippen LogP contribution >= 0.6 is 0 Å². The molecule has 0 amide bonds. The predicted molar refractivity (Wildman–Crippen MR) is 74.8 cm³/mol. The number of nitrogens with one attached hydrogen (secondary N) is 1. The Morgan fingerprint density at radius 3 is 2.44 bits per heavy atom. The Balaban J connectivity index is 2.18. The summed E-state index contributed by atoms with van der Waals surface area (Å²) < 4.78 is 7.40. The topological polar surface area (TPSA) is 41.0 Å². The first-order valence-corrected chi connectivity index (χ1v) is 6.51. The fourth-order valence-corrected chi connectivity index (χ4v) is 3.18. The van der Waals surface area contributed by atoms with Crippen molar-refractivity contribution in [3.05, 3.63) is 18.3 Å². The highest BCUT2D eigenvalue weighted by Crippen LogP contribution is 2.32. The summed E-state index contributed by atoms with van der Waals surface area (Å²) in [5.74, 6) is 0.842. The van der Waals surface area contributed by atoms with Crippen molar-refractivity contribution in [1.82, 2.24) is 15.5 Å². The largest absolute Gasteiger partial charge is 0.355 e. The van der Waals surface area contributed by atoms with Crippen LogP contribution in [0.1, 0.15) is 41.9 Å². The van der Waals surface area contributed by atoms with E-state index in [9.17, 15) is 0 Å². The van der Waals surface area contributed by atoms with Crippen LogP contribution in [0, 0.1) is 0 Å². The van der Waals surface area contributed by atoms with Gasteiger partial charge in [0.1, 0.15) is 0 Å². The lowest BCUT2D eigenvalue weighted by Gasteiger charge is -2.49. The molecule has 18 heavy (non-hydrogen) atoms. The van der Waals surface area contributed by atoms with Crippen LogP contribution in [0.15, 0.2) is 18.3 Å². The molecular formula is C14H24N4. The lowest BCUT2D eigenvalue weighted by molar-refractivity contribution is 0.160. The number of piperidine rings is 1. The second-order valence-corrected chi connectivity index (χ2v) is 6.59. The van der Waals surface area contributed by atoms with E-state index in [2.05, 4.69) is 55.2 Å². The van der Waals surface area contributed by atoms with Crippen LogP contribution in [-0.4, -0.2) is 34.4 Å². The Morgan fingerprint density at radius 2 is 1.94 bits per heavy atom. The van der Waals surface area contributed by atoms with Crippen molar-refractivity contribution in [2.45, 2.75) is 57.7 Å². The normalized spacial score (nSPS) is 23.5. The van der Waals surface area contributed by atoms with Crippen molar-refractivity contribution in [2.75, 3.05) is 11.9 Å². The van der Waals surface area contributed by atoms with Crippen LogP contribution in [0.25, 0.3) is 0 Å². The first-order chi connectivity index (χ1) is 8.69. The van der Waals surface area contributed by atoms with Gasteiger partial charge in [0.05, 0.1) is 1.37 Å². The van der Waals surface area contributed by atoms with E-state index >= 15 is 0 Å². The minimum atomic E-state index is 0.115. The highest BCUT2D eigenvalue weighted by atomic mass is 15.3. The molecule has 0 radical (unpaired) electrons. The van der Waals surface area contributed by atoms with Crippen molar-refractivity contribution in [2.24, 2.45) is 0 Å². The van der Waals surface area contributed by atoms with Gasteiger partial charge in [-0.15, -0.1) is 5.10 Å². The van der Waals surface area contributed by atoms with E-state index < -0.39 is 0 Å². The first-order valence-electron chi connectivity index (χ1n) is 7.01. The van der Waals surface area contributed by atoms with Gasteiger partial charge in [0, 0.05) is 30.3 Å². The SMILES string of the molecule is [2H]c1ccc(N(C)C2CC(C)(C)NC(C)(C)C2)nn1. The number of rotatable bonds is 2. The van der Waals surface area contributed by atoms with Crippen LogP contribution in [0.4, 0.5) is 5.82 Å². The number of anilines is 1. The Hall–Kier alpha value is -1.16. The highest BCUT2D eigenvalue weighted by molar-refractivity contribution is 5.37. The van der Waals surface area contributed by atoms with Gasteiger partial charge in [-0.2, -0.15) is 5.10 Å².